The third-order valence-corrected chi connectivity index (χ3v) is 8.18. The molecule has 1 saturated carbocycles. The SMILES string of the molecule is COC1=C(OC)C(=O)[13C]2(C/C=C(\C)CC/C=C(\C)CCC=C(C)C)[C@H]3C=C[C@H](C3)[13C]2(C)C1=O. The fraction of sp³-hybridized carbons (Fsp3) is 0.586. The molecule has 0 N–H and O–H groups in total. The van der Waals surface area contributed by atoms with Crippen LogP contribution in [0.1, 0.15) is 73.1 Å². The van der Waals surface area contributed by atoms with Gasteiger partial charge in [0, 0.05) is 0 Å². The van der Waals surface area contributed by atoms with E-state index in [1.165, 1.54) is 30.9 Å². The highest BCUT2D eigenvalue weighted by Gasteiger charge is 2.73. The lowest BCUT2D eigenvalue weighted by molar-refractivity contribution is -0.153. The molecule has 2 unspecified atom stereocenters. The van der Waals surface area contributed by atoms with Gasteiger partial charge in [-0.25, -0.2) is 0 Å². The van der Waals surface area contributed by atoms with Gasteiger partial charge in [0.1, 0.15) is 0 Å². The molecule has 0 aromatic rings. The lowest BCUT2D eigenvalue weighted by atomic mass is 9.90. The highest BCUT2D eigenvalue weighted by Crippen LogP contribution is 2.69. The van der Waals surface area contributed by atoms with E-state index in [1.807, 2.05) is 6.92 Å². The highest BCUT2D eigenvalue weighted by atomic mass is 16.5. The number of ether oxygens (including phenoxy) is 2. The molecule has 0 amide bonds. The minimum Gasteiger partial charge on any atom is -0.490 e. The van der Waals surface area contributed by atoms with Gasteiger partial charge in [-0.3, -0.25) is 9.59 Å². The Morgan fingerprint density at radius 3 is 2.03 bits per heavy atom. The Morgan fingerprint density at radius 2 is 1.42 bits per heavy atom. The van der Waals surface area contributed by atoms with Crippen molar-refractivity contribution in [2.75, 3.05) is 14.2 Å². The number of fused-ring (bicyclic) bond motifs is 5. The molecular formula is C29H40O4. The van der Waals surface area contributed by atoms with Crippen LogP contribution in [0.3, 0.4) is 0 Å². The zero-order valence-electron chi connectivity index (χ0n) is 21.4. The number of carbonyl (C=O) groups is 2. The summed E-state index contributed by atoms with van der Waals surface area (Å²) in [5.41, 5.74) is 2.44. The quantitative estimate of drug-likeness (QED) is 0.274. The summed E-state index contributed by atoms with van der Waals surface area (Å²) in [7, 11) is 2.89. The summed E-state index contributed by atoms with van der Waals surface area (Å²) >= 11 is 0. The van der Waals surface area contributed by atoms with Gasteiger partial charge in [0.2, 0.25) is 23.1 Å². The Morgan fingerprint density at radius 1 is 0.879 bits per heavy atom. The predicted molar refractivity (Wildman–Crippen MR) is 132 cm³/mol. The zero-order valence-corrected chi connectivity index (χ0v) is 21.4. The maximum atomic E-state index is 13.8. The second-order valence-electron chi connectivity index (χ2n) is 10.4. The van der Waals surface area contributed by atoms with E-state index >= 15 is 0 Å². The summed E-state index contributed by atoms with van der Waals surface area (Å²) < 4.78 is 10.8. The van der Waals surface area contributed by atoms with Crippen molar-refractivity contribution in [2.24, 2.45) is 22.7 Å². The minimum atomic E-state index is -0.797. The third kappa shape index (κ3) is 4.18. The number of ketones is 2. The van der Waals surface area contributed by atoms with Gasteiger partial charge in [-0.05, 0) is 78.1 Å². The molecule has 0 aliphatic heterocycles. The van der Waals surface area contributed by atoms with Gasteiger partial charge < -0.3 is 9.47 Å². The second kappa shape index (κ2) is 9.87. The van der Waals surface area contributed by atoms with Gasteiger partial charge in [0.15, 0.2) is 0 Å². The Bertz CT molecular complexity index is 956. The second-order valence-corrected chi connectivity index (χ2v) is 10.4. The summed E-state index contributed by atoms with van der Waals surface area (Å²) in [6.07, 6.45) is 16.6. The van der Waals surface area contributed by atoms with Crippen molar-refractivity contribution in [3.63, 3.8) is 0 Å². The molecule has 180 valence electrons. The van der Waals surface area contributed by atoms with Crippen molar-refractivity contribution in [3.05, 3.63) is 58.6 Å². The van der Waals surface area contributed by atoms with Crippen molar-refractivity contribution in [1.82, 2.24) is 0 Å². The van der Waals surface area contributed by atoms with Crippen molar-refractivity contribution < 1.29 is 19.1 Å². The zero-order chi connectivity index (χ0) is 24.4. The van der Waals surface area contributed by atoms with Gasteiger partial charge in [0.25, 0.3) is 0 Å². The van der Waals surface area contributed by atoms with E-state index in [4.69, 9.17) is 9.47 Å². The Kier molecular flexibility index (Phi) is 7.55. The number of methoxy groups -OCH3 is 2. The minimum absolute atomic E-state index is 0.0498. The van der Waals surface area contributed by atoms with Crippen LogP contribution in [-0.4, -0.2) is 25.8 Å². The maximum Gasteiger partial charge on any atom is 0.209 e. The molecule has 3 aliphatic rings. The lowest BCUT2D eigenvalue weighted by Gasteiger charge is -2.49. The summed E-state index contributed by atoms with van der Waals surface area (Å²) in [5, 5.41) is 0. The van der Waals surface area contributed by atoms with E-state index in [0.29, 0.717) is 6.42 Å². The Labute approximate surface area is 199 Å². The van der Waals surface area contributed by atoms with Crippen LogP contribution in [0.5, 0.6) is 0 Å². The first-order valence-corrected chi connectivity index (χ1v) is 12.2. The predicted octanol–water partition coefficient (Wildman–Crippen LogP) is 6.65. The van der Waals surface area contributed by atoms with Crippen LogP contribution in [0.25, 0.3) is 0 Å². The molecule has 0 aromatic carbocycles. The molecule has 1 fully saturated rings. The van der Waals surface area contributed by atoms with E-state index in [-0.39, 0.29) is 34.9 Å². The van der Waals surface area contributed by atoms with Crippen LogP contribution in [0, 0.1) is 22.7 Å². The third-order valence-electron chi connectivity index (χ3n) is 8.18. The number of hydrogen-bond acceptors (Lipinski definition) is 4. The lowest BCUT2D eigenvalue weighted by Crippen LogP contribution is -2.57. The molecule has 4 heteroatoms. The first kappa shape index (κ1) is 25.3. The Balaban J connectivity index is 1.80. The maximum absolute atomic E-state index is 13.8. The van der Waals surface area contributed by atoms with Crippen LogP contribution in [0.15, 0.2) is 58.6 Å². The molecular weight excluding hydrogens is 414 g/mol. The molecule has 0 saturated heterocycles. The first-order valence-electron chi connectivity index (χ1n) is 12.2. The molecule has 0 aromatic heterocycles. The molecule has 3 aliphatic carbocycles. The van der Waals surface area contributed by atoms with Crippen molar-refractivity contribution in [1.29, 1.82) is 0 Å². The fourth-order valence-corrected chi connectivity index (χ4v) is 6.13. The van der Waals surface area contributed by atoms with E-state index in [9.17, 15) is 9.59 Å². The molecule has 3 rings (SSSR count). The fourth-order valence-electron chi connectivity index (χ4n) is 6.13. The summed E-state index contributed by atoms with van der Waals surface area (Å²) in [6.45, 7) is 10.6. The Hall–Kier alpha value is -2.36. The van der Waals surface area contributed by atoms with E-state index in [0.717, 1.165) is 32.1 Å². The molecule has 0 heterocycles. The number of hydrogen-bond donors (Lipinski definition) is 0. The molecule has 33 heavy (non-hydrogen) atoms. The molecule has 4 atom stereocenters. The first-order chi connectivity index (χ1) is 15.6. The van der Waals surface area contributed by atoms with Crippen LogP contribution < -0.4 is 0 Å². The molecule has 0 spiro atoms. The normalized spacial score (nSPS) is 31.2. The van der Waals surface area contributed by atoms with Crippen LogP contribution in [-0.2, 0) is 19.1 Å². The molecule has 4 nitrogen and oxygen atoms in total. The average Bonchev–Trinajstić information content (AvgIpc) is 3.35. The average molecular weight is 455 g/mol. The van der Waals surface area contributed by atoms with Gasteiger partial charge in [0.05, 0.1) is 25.0 Å². The largest absolute Gasteiger partial charge is 0.490 e. The van der Waals surface area contributed by atoms with Gasteiger partial charge in [-0.1, -0.05) is 54.0 Å². The summed E-state index contributed by atoms with van der Waals surface area (Å²) in [5.74, 6) is 0.0911. The van der Waals surface area contributed by atoms with Gasteiger partial charge >= 0.3 is 0 Å². The van der Waals surface area contributed by atoms with Gasteiger partial charge in [-0.2, -0.15) is 0 Å². The summed E-state index contributed by atoms with van der Waals surface area (Å²) in [6, 6.07) is 0. The standard InChI is InChI=1S/C29H40O4/c1-19(2)10-8-11-20(3)12-9-13-21(4)16-17-29-23-15-14-22(18-23)28(29,5)26(30)24(32-6)25(33-7)27(29)31/h10,12,14-16,22-23H,8-9,11,13,17-18H2,1-7H3/b20-12+,21-16+/t22-,23+,28?,29?/m1/s1/i28+1,29+1. The van der Waals surface area contributed by atoms with Crippen LogP contribution in [0.2, 0.25) is 0 Å². The summed E-state index contributed by atoms with van der Waals surface area (Å²) in [4.78, 5) is 27.4. The van der Waals surface area contributed by atoms with Crippen LogP contribution >= 0.6 is 0 Å². The molecule has 2 bridgehead atoms. The number of Topliss-reactive ketones (excluding diaryl/α,β-unsaturated/α-hetero) is 2. The topological polar surface area (TPSA) is 52.6 Å². The van der Waals surface area contributed by atoms with Crippen molar-refractivity contribution in [2.45, 2.75) is 73.1 Å². The van der Waals surface area contributed by atoms with Crippen LogP contribution in [0.4, 0.5) is 0 Å². The van der Waals surface area contributed by atoms with Crippen molar-refractivity contribution >= 4 is 11.6 Å². The number of allylic oxidation sites excluding steroid dienone is 10. The number of rotatable bonds is 10. The monoisotopic (exact) mass is 454 g/mol. The number of carbonyl (C=O) groups excluding carboxylic acids is 2. The smallest absolute Gasteiger partial charge is 0.209 e. The van der Waals surface area contributed by atoms with Crippen molar-refractivity contribution in [3.8, 4) is 0 Å². The van der Waals surface area contributed by atoms with E-state index in [1.54, 1.807) is 0 Å². The highest BCUT2D eigenvalue weighted by molar-refractivity contribution is 6.16. The molecule has 0 radical (unpaired) electrons. The van der Waals surface area contributed by atoms with E-state index in [2.05, 4.69) is 58.1 Å². The van der Waals surface area contributed by atoms with Gasteiger partial charge in [-0.15, -0.1) is 0 Å². The van der Waals surface area contributed by atoms with E-state index < -0.39 is 10.8 Å².